The summed E-state index contributed by atoms with van der Waals surface area (Å²) in [6, 6.07) is 7.74. The van der Waals surface area contributed by atoms with E-state index in [1.165, 1.54) is 0 Å². The van der Waals surface area contributed by atoms with Crippen molar-refractivity contribution in [1.29, 1.82) is 0 Å². The molecule has 0 radical (unpaired) electrons. The zero-order valence-electron chi connectivity index (χ0n) is 12.6. The predicted octanol–water partition coefficient (Wildman–Crippen LogP) is 2.40. The molecule has 0 fully saturated rings. The zero-order valence-corrected chi connectivity index (χ0v) is 13.5. The number of sulfonamides is 1. The van der Waals surface area contributed by atoms with Gasteiger partial charge in [0.05, 0.1) is 5.75 Å². The molecule has 1 aromatic carbocycles. The summed E-state index contributed by atoms with van der Waals surface area (Å²) in [5.74, 6) is 0.0464. The minimum Gasteiger partial charge on any atom is -0.316 e. The van der Waals surface area contributed by atoms with Crippen molar-refractivity contribution in [3.63, 3.8) is 0 Å². The van der Waals surface area contributed by atoms with E-state index in [9.17, 15) is 8.42 Å². The molecule has 0 saturated carbocycles. The standard InChI is InChI=1S/C15H26N2O2S/c1-4-7-15(5-2)17-20(18,19)12-14-9-6-8-13(10-14)11-16-3/h6,8-10,15-17H,4-5,7,11-12H2,1-3H3. The van der Waals surface area contributed by atoms with Gasteiger partial charge in [0.2, 0.25) is 10.0 Å². The first kappa shape index (κ1) is 17.1. The molecule has 0 saturated heterocycles. The zero-order chi connectivity index (χ0) is 15.0. The van der Waals surface area contributed by atoms with Crippen LogP contribution in [-0.4, -0.2) is 21.5 Å². The molecule has 0 aromatic heterocycles. The highest BCUT2D eigenvalue weighted by Gasteiger charge is 2.16. The predicted molar refractivity (Wildman–Crippen MR) is 84.0 cm³/mol. The molecular weight excluding hydrogens is 272 g/mol. The van der Waals surface area contributed by atoms with Crippen LogP contribution in [0.1, 0.15) is 44.2 Å². The Bertz CT molecular complexity index is 500. The van der Waals surface area contributed by atoms with E-state index in [1.807, 2.05) is 38.2 Å². The SMILES string of the molecule is CCCC(CC)NS(=O)(=O)Cc1cccc(CNC)c1. The molecular formula is C15H26N2O2S. The fourth-order valence-corrected chi connectivity index (χ4v) is 3.74. The maximum atomic E-state index is 12.2. The largest absolute Gasteiger partial charge is 0.316 e. The quantitative estimate of drug-likeness (QED) is 0.736. The van der Waals surface area contributed by atoms with Gasteiger partial charge < -0.3 is 5.32 Å². The molecule has 0 spiro atoms. The van der Waals surface area contributed by atoms with Gasteiger partial charge in [-0.05, 0) is 31.0 Å². The number of hydrogen-bond acceptors (Lipinski definition) is 3. The fourth-order valence-electron chi connectivity index (χ4n) is 2.24. The summed E-state index contributed by atoms with van der Waals surface area (Å²) in [5, 5.41) is 3.07. The molecule has 0 aliphatic rings. The van der Waals surface area contributed by atoms with Gasteiger partial charge in [0, 0.05) is 12.6 Å². The normalized spacial score (nSPS) is 13.3. The van der Waals surface area contributed by atoms with Crippen molar-refractivity contribution in [3.05, 3.63) is 35.4 Å². The third kappa shape index (κ3) is 6.03. The number of nitrogens with one attached hydrogen (secondary N) is 2. The van der Waals surface area contributed by atoms with Crippen LogP contribution in [-0.2, 0) is 22.3 Å². The topological polar surface area (TPSA) is 58.2 Å². The average Bonchev–Trinajstić information content (AvgIpc) is 2.38. The van der Waals surface area contributed by atoms with Gasteiger partial charge in [-0.1, -0.05) is 44.5 Å². The molecule has 0 aliphatic heterocycles. The van der Waals surface area contributed by atoms with Gasteiger partial charge in [-0.2, -0.15) is 0 Å². The Morgan fingerprint density at radius 1 is 1.20 bits per heavy atom. The minimum atomic E-state index is -3.27. The molecule has 20 heavy (non-hydrogen) atoms. The van der Waals surface area contributed by atoms with Crippen LogP contribution in [0.2, 0.25) is 0 Å². The smallest absolute Gasteiger partial charge is 0.216 e. The van der Waals surface area contributed by atoms with Crippen molar-refractivity contribution in [2.24, 2.45) is 0 Å². The van der Waals surface area contributed by atoms with Gasteiger partial charge in [-0.3, -0.25) is 0 Å². The van der Waals surface area contributed by atoms with E-state index in [2.05, 4.69) is 17.0 Å². The maximum absolute atomic E-state index is 12.2. The summed E-state index contributed by atoms with van der Waals surface area (Å²) in [7, 11) is -1.39. The van der Waals surface area contributed by atoms with E-state index in [4.69, 9.17) is 0 Å². The van der Waals surface area contributed by atoms with Crippen LogP contribution >= 0.6 is 0 Å². The second kappa shape index (κ2) is 8.39. The van der Waals surface area contributed by atoms with E-state index in [0.717, 1.165) is 36.9 Å². The third-order valence-corrected chi connectivity index (χ3v) is 4.61. The Labute approximate surface area is 123 Å². The van der Waals surface area contributed by atoms with Crippen LogP contribution in [0.25, 0.3) is 0 Å². The van der Waals surface area contributed by atoms with E-state index in [-0.39, 0.29) is 11.8 Å². The van der Waals surface area contributed by atoms with Crippen LogP contribution in [0.4, 0.5) is 0 Å². The van der Waals surface area contributed by atoms with Crippen LogP contribution in [0.15, 0.2) is 24.3 Å². The first-order valence-electron chi connectivity index (χ1n) is 7.23. The molecule has 5 heteroatoms. The first-order valence-corrected chi connectivity index (χ1v) is 8.88. The second-order valence-electron chi connectivity index (χ2n) is 5.12. The van der Waals surface area contributed by atoms with E-state index >= 15 is 0 Å². The van der Waals surface area contributed by atoms with Crippen LogP contribution in [0.5, 0.6) is 0 Å². The summed E-state index contributed by atoms with van der Waals surface area (Å²) in [5.41, 5.74) is 1.93. The van der Waals surface area contributed by atoms with Gasteiger partial charge in [0.25, 0.3) is 0 Å². The monoisotopic (exact) mass is 298 g/mol. The van der Waals surface area contributed by atoms with E-state index in [0.29, 0.717) is 0 Å². The second-order valence-corrected chi connectivity index (χ2v) is 6.87. The van der Waals surface area contributed by atoms with Crippen molar-refractivity contribution in [2.75, 3.05) is 7.05 Å². The lowest BCUT2D eigenvalue weighted by Crippen LogP contribution is -2.35. The lowest BCUT2D eigenvalue weighted by molar-refractivity contribution is 0.512. The molecule has 1 aromatic rings. The molecule has 2 N–H and O–H groups in total. The number of rotatable bonds is 9. The third-order valence-electron chi connectivity index (χ3n) is 3.21. The molecule has 0 heterocycles. The maximum Gasteiger partial charge on any atom is 0.216 e. The van der Waals surface area contributed by atoms with E-state index < -0.39 is 10.0 Å². The van der Waals surface area contributed by atoms with Gasteiger partial charge in [-0.15, -0.1) is 0 Å². The summed E-state index contributed by atoms with van der Waals surface area (Å²) < 4.78 is 27.2. The molecule has 0 aliphatic carbocycles. The van der Waals surface area contributed by atoms with Crippen LogP contribution in [0.3, 0.4) is 0 Å². The average molecular weight is 298 g/mol. The lowest BCUT2D eigenvalue weighted by atomic mass is 10.1. The summed E-state index contributed by atoms with van der Waals surface area (Å²) >= 11 is 0. The Morgan fingerprint density at radius 2 is 1.90 bits per heavy atom. The summed E-state index contributed by atoms with van der Waals surface area (Å²) in [4.78, 5) is 0. The first-order chi connectivity index (χ1) is 9.50. The van der Waals surface area contributed by atoms with Crippen LogP contribution in [0, 0.1) is 0 Å². The molecule has 1 unspecified atom stereocenters. The summed E-state index contributed by atoms with van der Waals surface area (Å²) in [6.45, 7) is 4.82. The van der Waals surface area contributed by atoms with Crippen molar-refractivity contribution < 1.29 is 8.42 Å². The molecule has 1 rings (SSSR count). The van der Waals surface area contributed by atoms with Crippen molar-refractivity contribution in [2.45, 2.75) is 51.4 Å². The van der Waals surface area contributed by atoms with Gasteiger partial charge >= 0.3 is 0 Å². The highest BCUT2D eigenvalue weighted by molar-refractivity contribution is 7.88. The highest BCUT2D eigenvalue weighted by atomic mass is 32.2. The number of hydrogen-bond donors (Lipinski definition) is 2. The Hall–Kier alpha value is -0.910. The molecule has 114 valence electrons. The lowest BCUT2D eigenvalue weighted by Gasteiger charge is -2.16. The molecule has 0 amide bonds. The molecule has 1 atom stereocenters. The minimum absolute atomic E-state index is 0.0464. The Balaban J connectivity index is 2.72. The van der Waals surface area contributed by atoms with Gasteiger partial charge in [0.1, 0.15) is 0 Å². The highest BCUT2D eigenvalue weighted by Crippen LogP contribution is 2.11. The van der Waals surface area contributed by atoms with Gasteiger partial charge in [-0.25, -0.2) is 13.1 Å². The van der Waals surface area contributed by atoms with Crippen molar-refractivity contribution >= 4 is 10.0 Å². The van der Waals surface area contributed by atoms with Crippen molar-refractivity contribution in [1.82, 2.24) is 10.0 Å². The molecule has 0 bridgehead atoms. The number of benzene rings is 1. The Kier molecular flexibility index (Phi) is 7.19. The van der Waals surface area contributed by atoms with Crippen molar-refractivity contribution in [3.8, 4) is 0 Å². The Morgan fingerprint density at radius 3 is 2.50 bits per heavy atom. The molecule has 4 nitrogen and oxygen atoms in total. The van der Waals surface area contributed by atoms with Gasteiger partial charge in [0.15, 0.2) is 0 Å². The van der Waals surface area contributed by atoms with Crippen LogP contribution < -0.4 is 10.0 Å². The summed E-state index contributed by atoms with van der Waals surface area (Å²) in [6.07, 6.45) is 2.70. The fraction of sp³-hybridized carbons (Fsp3) is 0.600. The van der Waals surface area contributed by atoms with E-state index in [1.54, 1.807) is 0 Å².